The van der Waals surface area contributed by atoms with Gasteiger partial charge in [-0.15, -0.1) is 5.06 Å². The summed E-state index contributed by atoms with van der Waals surface area (Å²) >= 11 is 0. The number of azide groups is 1. The number of imide groups is 1. The first-order valence-corrected chi connectivity index (χ1v) is 5.85. The minimum Gasteiger partial charge on any atom is -0.325 e. The maximum atomic E-state index is 11.9. The molecule has 11 nitrogen and oxygen atoms in total. The monoisotopic (exact) mass is 305 g/mol. The molecular formula is C11H7N5O6. The van der Waals surface area contributed by atoms with Crippen molar-refractivity contribution in [2.45, 2.75) is 12.8 Å². The number of nitrogens with zero attached hydrogens (tertiary/aromatic N) is 5. The van der Waals surface area contributed by atoms with Crippen LogP contribution in [0.15, 0.2) is 23.3 Å². The van der Waals surface area contributed by atoms with Crippen molar-refractivity contribution in [2.75, 3.05) is 0 Å². The SMILES string of the molecule is [N-]=[N+]=Nc1ccc(C(=O)ON2C(=O)CCC2=O)c([N+](=O)[O-])c1. The van der Waals surface area contributed by atoms with Gasteiger partial charge in [-0.2, -0.15) is 0 Å². The highest BCUT2D eigenvalue weighted by Crippen LogP contribution is 2.26. The zero-order chi connectivity index (χ0) is 16.3. The summed E-state index contributed by atoms with van der Waals surface area (Å²) in [5, 5.41) is 14.4. The Bertz CT molecular complexity index is 722. The van der Waals surface area contributed by atoms with Crippen LogP contribution < -0.4 is 0 Å². The number of rotatable bonds is 4. The molecule has 1 aromatic rings. The van der Waals surface area contributed by atoms with Gasteiger partial charge in [-0.1, -0.05) is 11.2 Å². The molecule has 1 aromatic carbocycles. The fraction of sp³-hybridized carbons (Fsp3) is 0.182. The van der Waals surface area contributed by atoms with Crippen molar-refractivity contribution in [1.29, 1.82) is 0 Å². The molecule has 1 heterocycles. The van der Waals surface area contributed by atoms with Crippen LogP contribution in [-0.2, 0) is 14.4 Å². The van der Waals surface area contributed by atoms with Gasteiger partial charge in [0.05, 0.1) is 4.92 Å². The van der Waals surface area contributed by atoms with E-state index in [1.807, 2.05) is 0 Å². The van der Waals surface area contributed by atoms with Crippen LogP contribution >= 0.6 is 0 Å². The first-order chi connectivity index (χ1) is 10.4. The number of hydrogen-bond donors (Lipinski definition) is 0. The lowest BCUT2D eigenvalue weighted by Gasteiger charge is -2.12. The van der Waals surface area contributed by atoms with Crippen LogP contribution in [0, 0.1) is 10.1 Å². The first-order valence-electron chi connectivity index (χ1n) is 5.85. The molecule has 0 radical (unpaired) electrons. The largest absolute Gasteiger partial charge is 0.370 e. The molecule has 112 valence electrons. The van der Waals surface area contributed by atoms with Crippen LogP contribution in [-0.4, -0.2) is 27.8 Å². The number of nitro groups is 1. The molecule has 11 heteroatoms. The smallest absolute Gasteiger partial charge is 0.325 e. The molecule has 0 bridgehead atoms. The van der Waals surface area contributed by atoms with E-state index in [4.69, 9.17) is 5.53 Å². The lowest BCUT2D eigenvalue weighted by molar-refractivity contribution is -0.385. The predicted octanol–water partition coefficient (Wildman–Crippen LogP) is 1.76. The quantitative estimate of drug-likeness (QED) is 0.206. The summed E-state index contributed by atoms with van der Waals surface area (Å²) in [5.74, 6) is -2.64. The van der Waals surface area contributed by atoms with E-state index >= 15 is 0 Å². The van der Waals surface area contributed by atoms with Crippen LogP contribution in [0.3, 0.4) is 0 Å². The Kier molecular flexibility index (Phi) is 4.00. The molecule has 1 aliphatic rings. The number of hydrogen-bond acceptors (Lipinski definition) is 7. The molecular weight excluding hydrogens is 298 g/mol. The van der Waals surface area contributed by atoms with Gasteiger partial charge in [0.1, 0.15) is 5.56 Å². The first kappa shape index (κ1) is 14.9. The van der Waals surface area contributed by atoms with Crippen molar-refractivity contribution in [3.8, 4) is 0 Å². The number of amides is 2. The molecule has 0 spiro atoms. The fourth-order valence-electron chi connectivity index (χ4n) is 1.75. The Morgan fingerprint density at radius 3 is 2.55 bits per heavy atom. The van der Waals surface area contributed by atoms with Gasteiger partial charge in [0, 0.05) is 29.5 Å². The standard InChI is InChI=1S/C11H7N5O6/c12-14-13-6-1-2-7(8(5-6)16(20)21)11(19)22-15-9(17)3-4-10(15)18/h1-2,5H,3-4H2. The third-order valence-electron chi connectivity index (χ3n) is 2.74. The van der Waals surface area contributed by atoms with Gasteiger partial charge < -0.3 is 4.84 Å². The molecule has 0 atom stereocenters. The summed E-state index contributed by atoms with van der Waals surface area (Å²) in [4.78, 5) is 51.8. The van der Waals surface area contributed by atoms with E-state index < -0.39 is 34.0 Å². The fourth-order valence-corrected chi connectivity index (χ4v) is 1.75. The molecule has 0 aliphatic carbocycles. The summed E-state index contributed by atoms with van der Waals surface area (Å²) in [6.45, 7) is 0. The van der Waals surface area contributed by atoms with Gasteiger partial charge in [-0.25, -0.2) is 4.79 Å². The second kappa shape index (κ2) is 5.89. The minimum atomic E-state index is -1.23. The Morgan fingerprint density at radius 2 is 2.00 bits per heavy atom. The van der Waals surface area contributed by atoms with E-state index in [9.17, 15) is 24.5 Å². The van der Waals surface area contributed by atoms with Crippen LogP contribution in [0.4, 0.5) is 11.4 Å². The Balaban J connectivity index is 2.33. The van der Waals surface area contributed by atoms with Crippen LogP contribution in [0.25, 0.3) is 10.4 Å². The number of nitro benzene ring substituents is 1. The maximum Gasteiger partial charge on any atom is 0.370 e. The van der Waals surface area contributed by atoms with E-state index in [2.05, 4.69) is 14.9 Å². The highest BCUT2D eigenvalue weighted by Gasteiger charge is 2.34. The van der Waals surface area contributed by atoms with Crippen LogP contribution in [0.1, 0.15) is 23.2 Å². The highest BCUT2D eigenvalue weighted by molar-refractivity contribution is 6.03. The van der Waals surface area contributed by atoms with Gasteiger partial charge in [0.15, 0.2) is 0 Å². The molecule has 2 amide bonds. The topological polar surface area (TPSA) is 156 Å². The summed E-state index contributed by atoms with van der Waals surface area (Å²) in [7, 11) is 0. The lowest BCUT2D eigenvalue weighted by atomic mass is 10.1. The van der Waals surface area contributed by atoms with Crippen molar-refractivity contribution in [1.82, 2.24) is 5.06 Å². The van der Waals surface area contributed by atoms with Gasteiger partial charge >= 0.3 is 5.97 Å². The Hall–Kier alpha value is -3.46. The average molecular weight is 305 g/mol. The molecule has 1 aliphatic heterocycles. The lowest BCUT2D eigenvalue weighted by Crippen LogP contribution is -2.32. The summed E-state index contributed by atoms with van der Waals surface area (Å²) in [5.41, 5.74) is 7.07. The third kappa shape index (κ3) is 2.83. The van der Waals surface area contributed by atoms with E-state index in [1.165, 1.54) is 0 Å². The zero-order valence-corrected chi connectivity index (χ0v) is 10.8. The molecule has 1 fully saturated rings. The molecule has 22 heavy (non-hydrogen) atoms. The summed E-state index contributed by atoms with van der Waals surface area (Å²) < 4.78 is 0. The van der Waals surface area contributed by atoms with Crippen molar-refractivity contribution in [3.05, 3.63) is 44.3 Å². The molecule has 0 aromatic heterocycles. The highest BCUT2D eigenvalue weighted by atomic mass is 16.7. The Labute approximate surface area is 121 Å². The number of benzene rings is 1. The van der Waals surface area contributed by atoms with Crippen molar-refractivity contribution < 1.29 is 24.1 Å². The third-order valence-corrected chi connectivity index (χ3v) is 2.74. The zero-order valence-electron chi connectivity index (χ0n) is 10.8. The summed E-state index contributed by atoms with van der Waals surface area (Å²) in [6, 6.07) is 3.05. The van der Waals surface area contributed by atoms with Crippen LogP contribution in [0.5, 0.6) is 0 Å². The average Bonchev–Trinajstić information content (AvgIpc) is 2.79. The van der Waals surface area contributed by atoms with Crippen molar-refractivity contribution in [3.63, 3.8) is 0 Å². The van der Waals surface area contributed by atoms with E-state index in [1.54, 1.807) is 0 Å². The number of hydroxylamine groups is 2. The maximum absolute atomic E-state index is 11.9. The second-order valence-corrected chi connectivity index (χ2v) is 4.11. The molecule has 0 N–H and O–H groups in total. The number of carbonyl (C=O) groups is 3. The van der Waals surface area contributed by atoms with Crippen molar-refractivity contribution >= 4 is 29.2 Å². The molecule has 2 rings (SSSR count). The summed E-state index contributed by atoms with van der Waals surface area (Å²) in [6.07, 6.45) is -0.186. The number of carbonyl (C=O) groups excluding carboxylic acids is 3. The van der Waals surface area contributed by atoms with E-state index in [0.717, 1.165) is 18.2 Å². The van der Waals surface area contributed by atoms with E-state index in [0.29, 0.717) is 0 Å². The second-order valence-electron chi connectivity index (χ2n) is 4.11. The normalized spacial score (nSPS) is 13.7. The van der Waals surface area contributed by atoms with Crippen LogP contribution in [0.2, 0.25) is 0 Å². The van der Waals surface area contributed by atoms with Crippen molar-refractivity contribution in [2.24, 2.45) is 5.11 Å². The van der Waals surface area contributed by atoms with Gasteiger partial charge in [-0.05, 0) is 11.6 Å². The van der Waals surface area contributed by atoms with Gasteiger partial charge in [0.2, 0.25) is 0 Å². The van der Waals surface area contributed by atoms with Gasteiger partial charge in [-0.3, -0.25) is 19.7 Å². The molecule has 0 unspecified atom stereocenters. The Morgan fingerprint density at radius 1 is 1.36 bits per heavy atom. The minimum absolute atomic E-state index is 0.0703. The van der Waals surface area contributed by atoms with Gasteiger partial charge in [0.25, 0.3) is 17.5 Å². The predicted molar refractivity (Wildman–Crippen MR) is 68.4 cm³/mol. The van der Waals surface area contributed by atoms with E-state index in [-0.39, 0.29) is 23.6 Å². The molecule has 1 saturated heterocycles. The molecule has 0 saturated carbocycles.